The van der Waals surface area contributed by atoms with Crippen LogP contribution in [0, 0.1) is 11.8 Å². The van der Waals surface area contributed by atoms with Crippen LogP contribution in [0.5, 0.6) is 0 Å². The van der Waals surface area contributed by atoms with Crippen molar-refractivity contribution in [2.45, 2.75) is 69.9 Å². The second kappa shape index (κ2) is 6.84. The molecule has 1 aromatic heterocycles. The first-order valence-electron chi connectivity index (χ1n) is 11.2. The highest BCUT2D eigenvalue weighted by atomic mass is 16.5. The van der Waals surface area contributed by atoms with Crippen LogP contribution in [-0.2, 0) is 21.5 Å². The fraction of sp³-hybridized carbons (Fsp3) is 0.818. The van der Waals surface area contributed by atoms with Gasteiger partial charge in [0, 0.05) is 50.8 Å². The molecule has 4 heterocycles. The van der Waals surface area contributed by atoms with Crippen LogP contribution in [0.2, 0.25) is 0 Å². The minimum Gasteiger partial charge on any atom is -0.376 e. The lowest BCUT2D eigenvalue weighted by Crippen LogP contribution is -2.59. The molecule has 1 atom stereocenters. The molecule has 1 N–H and O–H groups in total. The number of aromatic nitrogens is 2. The molecular weight excluding hydrogens is 352 g/mol. The Hall–Kier alpha value is -1.40. The summed E-state index contributed by atoms with van der Waals surface area (Å²) in [5.41, 5.74) is 2.23. The molecular formula is C22H34N4O2. The predicted octanol–water partition coefficient (Wildman–Crippen LogP) is 2.70. The van der Waals surface area contributed by atoms with Gasteiger partial charge in [0.1, 0.15) is 0 Å². The van der Waals surface area contributed by atoms with Crippen molar-refractivity contribution < 1.29 is 9.53 Å². The van der Waals surface area contributed by atoms with Gasteiger partial charge in [-0.25, -0.2) is 4.98 Å². The van der Waals surface area contributed by atoms with Gasteiger partial charge in [-0.1, -0.05) is 0 Å². The Labute approximate surface area is 168 Å². The van der Waals surface area contributed by atoms with E-state index >= 15 is 0 Å². The highest BCUT2D eigenvalue weighted by Gasteiger charge is 2.51. The Bertz CT molecular complexity index is 731. The van der Waals surface area contributed by atoms with Crippen LogP contribution >= 0.6 is 0 Å². The minimum absolute atomic E-state index is 0.0146. The number of likely N-dealkylation sites (tertiary alicyclic amines) is 1. The quantitative estimate of drug-likeness (QED) is 0.868. The topological polar surface area (TPSA) is 61.5 Å². The molecule has 0 unspecified atom stereocenters. The van der Waals surface area contributed by atoms with Gasteiger partial charge in [-0.15, -0.1) is 0 Å². The molecule has 0 radical (unpaired) electrons. The van der Waals surface area contributed by atoms with Crippen molar-refractivity contribution in [3.8, 4) is 0 Å². The van der Waals surface area contributed by atoms with Crippen LogP contribution in [0.15, 0.2) is 6.33 Å². The first kappa shape index (κ1) is 18.6. The zero-order valence-corrected chi connectivity index (χ0v) is 17.4. The zero-order valence-electron chi connectivity index (χ0n) is 17.4. The third-order valence-corrected chi connectivity index (χ3v) is 7.45. The predicted molar refractivity (Wildman–Crippen MR) is 107 cm³/mol. The smallest absolute Gasteiger partial charge is 0.226 e. The number of hydrogen-bond donors (Lipinski definition) is 1. The summed E-state index contributed by atoms with van der Waals surface area (Å²) in [5, 5.41) is 0. The van der Waals surface area contributed by atoms with Gasteiger partial charge in [0.15, 0.2) is 0 Å². The number of nitrogens with zero attached hydrogens (tertiary/aromatic N) is 3. The van der Waals surface area contributed by atoms with Crippen LogP contribution in [0.3, 0.4) is 0 Å². The van der Waals surface area contributed by atoms with E-state index in [1.807, 2.05) is 6.33 Å². The lowest BCUT2D eigenvalue weighted by Gasteiger charge is -2.51. The minimum atomic E-state index is -0.182. The van der Waals surface area contributed by atoms with E-state index in [9.17, 15) is 4.79 Å². The average Bonchev–Trinajstić information content (AvgIpc) is 3.40. The second-order valence-corrected chi connectivity index (χ2v) is 10.0. The van der Waals surface area contributed by atoms with Crippen molar-refractivity contribution in [3.63, 3.8) is 0 Å². The number of rotatable bonds is 3. The van der Waals surface area contributed by atoms with E-state index in [2.05, 4.69) is 28.6 Å². The molecule has 0 aromatic carbocycles. The summed E-state index contributed by atoms with van der Waals surface area (Å²) >= 11 is 0. The molecule has 4 aliphatic rings. The average molecular weight is 387 g/mol. The maximum atomic E-state index is 13.1. The number of imidazole rings is 1. The first-order valence-corrected chi connectivity index (χ1v) is 11.2. The molecule has 1 aliphatic carbocycles. The summed E-state index contributed by atoms with van der Waals surface area (Å²) < 4.78 is 5.90. The Morgan fingerprint density at radius 2 is 2.04 bits per heavy atom. The monoisotopic (exact) mass is 386 g/mol. The SMILES string of the molecule is CC1(C)C[C@H](CN2CCC3(CC2)c2nc[nH]c2CCN3C(=O)C2CC2)CCO1. The summed E-state index contributed by atoms with van der Waals surface area (Å²) in [6.07, 6.45) is 9.22. The number of H-pyrrole nitrogens is 1. The number of piperidine rings is 1. The number of aromatic amines is 1. The van der Waals surface area contributed by atoms with Crippen molar-refractivity contribution >= 4 is 5.91 Å². The van der Waals surface area contributed by atoms with Gasteiger partial charge in [-0.3, -0.25) is 4.79 Å². The van der Waals surface area contributed by atoms with Gasteiger partial charge in [-0.2, -0.15) is 0 Å². The summed E-state index contributed by atoms with van der Waals surface area (Å²) in [4.78, 5) is 26.0. The fourth-order valence-corrected chi connectivity index (χ4v) is 5.84. The zero-order chi connectivity index (χ0) is 19.4. The van der Waals surface area contributed by atoms with E-state index in [-0.39, 0.29) is 17.1 Å². The molecule has 6 heteroatoms. The van der Waals surface area contributed by atoms with E-state index in [0.717, 1.165) is 77.0 Å². The molecule has 1 spiro atoms. The Kier molecular flexibility index (Phi) is 4.55. The summed E-state index contributed by atoms with van der Waals surface area (Å²) in [6, 6.07) is 0. The standard InChI is InChI=1S/C22H34N4O2/c1-21(2)13-16(6-12-28-21)14-25-10-7-22(8-11-25)19-18(23-15-24-19)5-9-26(22)20(27)17-3-4-17/h15-17H,3-14H2,1-2H3,(H,23,24)/t16-/m1/s1. The highest BCUT2D eigenvalue weighted by molar-refractivity contribution is 5.82. The van der Waals surface area contributed by atoms with E-state index in [1.165, 1.54) is 12.1 Å². The molecule has 3 fully saturated rings. The molecule has 154 valence electrons. The molecule has 28 heavy (non-hydrogen) atoms. The van der Waals surface area contributed by atoms with Crippen LogP contribution in [0.4, 0.5) is 0 Å². The normalized spacial score (nSPS) is 29.6. The molecule has 1 saturated carbocycles. The Morgan fingerprint density at radius 3 is 2.75 bits per heavy atom. The van der Waals surface area contributed by atoms with Gasteiger partial charge >= 0.3 is 0 Å². The van der Waals surface area contributed by atoms with E-state index in [0.29, 0.717) is 11.8 Å². The number of carbonyl (C=O) groups excluding carboxylic acids is 1. The van der Waals surface area contributed by atoms with Gasteiger partial charge in [-0.05, 0) is 58.3 Å². The maximum absolute atomic E-state index is 13.1. The third-order valence-electron chi connectivity index (χ3n) is 7.45. The fourth-order valence-electron chi connectivity index (χ4n) is 5.84. The van der Waals surface area contributed by atoms with Gasteiger partial charge in [0.05, 0.1) is 23.2 Å². The summed E-state index contributed by atoms with van der Waals surface area (Å²) in [5.74, 6) is 1.38. The van der Waals surface area contributed by atoms with Crippen LogP contribution in [0.1, 0.15) is 63.8 Å². The maximum Gasteiger partial charge on any atom is 0.226 e. The summed E-state index contributed by atoms with van der Waals surface area (Å²) in [7, 11) is 0. The third kappa shape index (κ3) is 3.28. The highest BCUT2D eigenvalue weighted by Crippen LogP contribution is 2.45. The number of nitrogens with one attached hydrogen (secondary N) is 1. The Morgan fingerprint density at radius 1 is 1.25 bits per heavy atom. The van der Waals surface area contributed by atoms with Crippen LogP contribution < -0.4 is 0 Å². The number of amides is 1. The van der Waals surface area contributed by atoms with E-state index in [1.54, 1.807) is 0 Å². The largest absolute Gasteiger partial charge is 0.376 e. The molecule has 3 aliphatic heterocycles. The molecule has 2 saturated heterocycles. The van der Waals surface area contributed by atoms with Gasteiger partial charge in [0.25, 0.3) is 0 Å². The van der Waals surface area contributed by atoms with Gasteiger partial charge < -0.3 is 19.5 Å². The number of carbonyl (C=O) groups is 1. The van der Waals surface area contributed by atoms with E-state index in [4.69, 9.17) is 9.72 Å². The van der Waals surface area contributed by atoms with E-state index < -0.39 is 0 Å². The molecule has 1 amide bonds. The number of fused-ring (bicyclic) bond motifs is 2. The van der Waals surface area contributed by atoms with Crippen molar-refractivity contribution in [2.75, 3.05) is 32.8 Å². The van der Waals surface area contributed by atoms with Crippen LogP contribution in [0.25, 0.3) is 0 Å². The Balaban J connectivity index is 1.31. The lowest BCUT2D eigenvalue weighted by molar-refractivity contribution is -0.143. The molecule has 5 rings (SSSR count). The van der Waals surface area contributed by atoms with Crippen LogP contribution in [-0.4, -0.2) is 64.1 Å². The molecule has 0 bridgehead atoms. The second-order valence-electron chi connectivity index (χ2n) is 10.0. The molecule has 1 aromatic rings. The van der Waals surface area contributed by atoms with Crippen molar-refractivity contribution in [1.29, 1.82) is 0 Å². The van der Waals surface area contributed by atoms with Crippen molar-refractivity contribution in [1.82, 2.24) is 19.8 Å². The number of ether oxygens (including phenoxy) is 1. The van der Waals surface area contributed by atoms with Gasteiger partial charge in [0.2, 0.25) is 5.91 Å². The first-order chi connectivity index (χ1) is 13.5. The number of hydrogen-bond acceptors (Lipinski definition) is 4. The summed E-state index contributed by atoms with van der Waals surface area (Å²) in [6.45, 7) is 9.43. The molecule has 6 nitrogen and oxygen atoms in total. The van der Waals surface area contributed by atoms with Crippen molar-refractivity contribution in [3.05, 3.63) is 17.7 Å². The van der Waals surface area contributed by atoms with Crippen molar-refractivity contribution in [2.24, 2.45) is 11.8 Å². The lowest BCUT2D eigenvalue weighted by atomic mass is 9.78.